The minimum Gasteiger partial charge on any atom is -0.372 e. The Morgan fingerprint density at radius 3 is 2.12 bits per heavy atom. The summed E-state index contributed by atoms with van der Waals surface area (Å²) in [5, 5.41) is 17.1. The first-order valence-electron chi connectivity index (χ1n) is 7.51. The summed E-state index contributed by atoms with van der Waals surface area (Å²) in [5.74, 6) is -0.614. The van der Waals surface area contributed by atoms with E-state index in [-0.39, 0.29) is 0 Å². The summed E-state index contributed by atoms with van der Waals surface area (Å²) in [6.45, 7) is 0. The molecule has 2 aromatic carbocycles. The highest BCUT2D eigenvalue weighted by Crippen LogP contribution is 2.29. The van der Waals surface area contributed by atoms with Crippen molar-refractivity contribution in [2.45, 2.75) is 5.60 Å². The van der Waals surface area contributed by atoms with Gasteiger partial charge in [-0.25, -0.2) is 5.43 Å². The summed E-state index contributed by atoms with van der Waals surface area (Å²) in [4.78, 5) is 13.7. The van der Waals surface area contributed by atoms with Crippen molar-refractivity contribution in [1.29, 1.82) is 0 Å². The standard InChI is InChI=1S/C19H15BrN2O2S/c20-16-11-17(25-13-16)12-21-22-18(23)19(24,14-7-3-1-4-8-14)15-9-5-2-6-10-15/h1-13,24H,(H,22,23)/b21-12-. The van der Waals surface area contributed by atoms with E-state index in [0.717, 1.165) is 9.35 Å². The molecular formula is C19H15BrN2O2S. The number of rotatable bonds is 5. The van der Waals surface area contributed by atoms with Crippen molar-refractivity contribution in [2.24, 2.45) is 5.10 Å². The lowest BCUT2D eigenvalue weighted by atomic mass is 9.85. The molecule has 0 spiro atoms. The molecule has 0 aliphatic rings. The smallest absolute Gasteiger partial charge is 0.281 e. The molecule has 0 saturated carbocycles. The summed E-state index contributed by atoms with van der Waals surface area (Å²) < 4.78 is 0.954. The van der Waals surface area contributed by atoms with Gasteiger partial charge in [0, 0.05) is 14.7 Å². The van der Waals surface area contributed by atoms with E-state index in [0.29, 0.717) is 11.1 Å². The van der Waals surface area contributed by atoms with E-state index in [2.05, 4.69) is 26.5 Å². The quantitative estimate of drug-likeness (QED) is 0.491. The number of amides is 1. The van der Waals surface area contributed by atoms with Crippen LogP contribution in [0.2, 0.25) is 0 Å². The van der Waals surface area contributed by atoms with Crippen LogP contribution < -0.4 is 5.43 Å². The Morgan fingerprint density at radius 2 is 1.64 bits per heavy atom. The average molecular weight is 415 g/mol. The molecule has 3 aromatic rings. The van der Waals surface area contributed by atoms with Gasteiger partial charge in [-0.1, -0.05) is 60.7 Å². The number of aliphatic hydroxyl groups is 1. The summed E-state index contributed by atoms with van der Waals surface area (Å²) in [6, 6.07) is 19.5. The van der Waals surface area contributed by atoms with E-state index in [9.17, 15) is 9.90 Å². The van der Waals surface area contributed by atoms with Crippen LogP contribution in [0.5, 0.6) is 0 Å². The number of thiophene rings is 1. The van der Waals surface area contributed by atoms with Gasteiger partial charge >= 0.3 is 0 Å². The second kappa shape index (κ2) is 7.74. The lowest BCUT2D eigenvalue weighted by Crippen LogP contribution is -2.43. The Kier molecular flexibility index (Phi) is 5.43. The number of hydrogen-bond acceptors (Lipinski definition) is 4. The molecule has 1 heterocycles. The molecule has 4 nitrogen and oxygen atoms in total. The molecule has 0 aliphatic heterocycles. The molecule has 0 atom stereocenters. The molecule has 0 unspecified atom stereocenters. The topological polar surface area (TPSA) is 61.7 Å². The van der Waals surface area contributed by atoms with E-state index < -0.39 is 11.5 Å². The highest BCUT2D eigenvalue weighted by atomic mass is 79.9. The summed E-state index contributed by atoms with van der Waals surface area (Å²) in [7, 11) is 0. The van der Waals surface area contributed by atoms with E-state index >= 15 is 0 Å². The zero-order valence-electron chi connectivity index (χ0n) is 13.1. The van der Waals surface area contributed by atoms with Crippen molar-refractivity contribution in [3.05, 3.63) is 92.6 Å². The Balaban J connectivity index is 1.89. The first-order valence-corrected chi connectivity index (χ1v) is 9.19. The molecule has 1 amide bonds. The highest BCUT2D eigenvalue weighted by Gasteiger charge is 2.39. The first-order chi connectivity index (χ1) is 12.1. The van der Waals surface area contributed by atoms with Crippen LogP contribution in [0.1, 0.15) is 16.0 Å². The van der Waals surface area contributed by atoms with Gasteiger partial charge in [-0.2, -0.15) is 5.10 Å². The van der Waals surface area contributed by atoms with Gasteiger partial charge in [0.2, 0.25) is 0 Å². The van der Waals surface area contributed by atoms with Crippen molar-refractivity contribution in [3.8, 4) is 0 Å². The van der Waals surface area contributed by atoms with E-state index in [1.807, 2.05) is 23.6 Å². The third-order valence-corrected chi connectivity index (χ3v) is 5.29. The SMILES string of the molecule is O=C(N/N=C\c1cc(Br)cs1)C(O)(c1ccccc1)c1ccccc1. The van der Waals surface area contributed by atoms with Crippen molar-refractivity contribution < 1.29 is 9.90 Å². The van der Waals surface area contributed by atoms with E-state index in [4.69, 9.17) is 0 Å². The van der Waals surface area contributed by atoms with Crippen LogP contribution in [0.4, 0.5) is 0 Å². The molecule has 126 valence electrons. The highest BCUT2D eigenvalue weighted by molar-refractivity contribution is 9.10. The molecule has 0 bridgehead atoms. The molecule has 1 aromatic heterocycles. The number of carbonyl (C=O) groups excluding carboxylic acids is 1. The number of hydrogen-bond donors (Lipinski definition) is 2. The normalized spacial score (nSPS) is 11.6. The molecule has 0 fully saturated rings. The molecule has 0 radical (unpaired) electrons. The maximum atomic E-state index is 12.8. The Labute approximate surface area is 158 Å². The third-order valence-electron chi connectivity index (χ3n) is 3.66. The molecule has 3 rings (SSSR count). The van der Waals surface area contributed by atoms with Crippen LogP contribution in [0, 0.1) is 0 Å². The second-order valence-electron chi connectivity index (χ2n) is 5.31. The van der Waals surface area contributed by atoms with Crippen LogP contribution >= 0.6 is 27.3 Å². The fourth-order valence-corrected chi connectivity index (χ4v) is 3.72. The molecule has 2 N–H and O–H groups in total. The van der Waals surface area contributed by atoms with Crippen molar-refractivity contribution >= 4 is 39.4 Å². The second-order valence-corrected chi connectivity index (χ2v) is 7.17. The first kappa shape index (κ1) is 17.5. The van der Waals surface area contributed by atoms with Gasteiger partial charge in [0.05, 0.1) is 6.21 Å². The molecular weight excluding hydrogens is 400 g/mol. The van der Waals surface area contributed by atoms with Crippen molar-refractivity contribution in [3.63, 3.8) is 0 Å². The fraction of sp³-hybridized carbons (Fsp3) is 0.0526. The van der Waals surface area contributed by atoms with Gasteiger partial charge < -0.3 is 5.11 Å². The number of benzene rings is 2. The van der Waals surface area contributed by atoms with Crippen LogP contribution in [0.3, 0.4) is 0 Å². The Morgan fingerprint density at radius 1 is 1.08 bits per heavy atom. The van der Waals surface area contributed by atoms with Crippen LogP contribution in [-0.4, -0.2) is 17.2 Å². The Bertz CT molecular complexity index is 839. The Hall–Kier alpha value is -2.28. The molecule has 0 aliphatic carbocycles. The van der Waals surface area contributed by atoms with Gasteiger partial charge in [0.25, 0.3) is 5.91 Å². The van der Waals surface area contributed by atoms with E-state index in [1.165, 1.54) is 11.3 Å². The minimum absolute atomic E-state index is 0.479. The third kappa shape index (κ3) is 3.87. The summed E-state index contributed by atoms with van der Waals surface area (Å²) in [5.41, 5.74) is 1.59. The molecule has 0 saturated heterocycles. The number of hydrazone groups is 1. The monoisotopic (exact) mass is 414 g/mol. The lowest BCUT2D eigenvalue weighted by molar-refractivity contribution is -0.136. The number of halogens is 1. The average Bonchev–Trinajstić information content (AvgIpc) is 3.07. The zero-order valence-corrected chi connectivity index (χ0v) is 15.5. The van der Waals surface area contributed by atoms with Crippen LogP contribution in [0.15, 0.2) is 81.7 Å². The minimum atomic E-state index is -1.82. The zero-order chi connectivity index (χ0) is 17.7. The summed E-state index contributed by atoms with van der Waals surface area (Å²) >= 11 is 4.86. The van der Waals surface area contributed by atoms with Gasteiger partial charge in [-0.15, -0.1) is 11.3 Å². The number of nitrogens with zero attached hydrogens (tertiary/aromatic N) is 1. The largest absolute Gasteiger partial charge is 0.372 e. The van der Waals surface area contributed by atoms with E-state index in [1.54, 1.807) is 54.7 Å². The predicted octanol–water partition coefficient (Wildman–Crippen LogP) is 3.90. The maximum absolute atomic E-state index is 12.8. The fourth-order valence-electron chi connectivity index (χ4n) is 2.42. The van der Waals surface area contributed by atoms with Gasteiger partial charge in [-0.3, -0.25) is 4.79 Å². The molecule has 25 heavy (non-hydrogen) atoms. The number of carbonyl (C=O) groups is 1. The van der Waals surface area contributed by atoms with Gasteiger partial charge in [0.15, 0.2) is 5.60 Å². The predicted molar refractivity (Wildman–Crippen MR) is 104 cm³/mol. The number of nitrogens with one attached hydrogen (secondary N) is 1. The van der Waals surface area contributed by atoms with Gasteiger partial charge in [-0.05, 0) is 33.1 Å². The van der Waals surface area contributed by atoms with Crippen molar-refractivity contribution in [2.75, 3.05) is 0 Å². The van der Waals surface area contributed by atoms with Crippen LogP contribution in [0.25, 0.3) is 0 Å². The maximum Gasteiger partial charge on any atom is 0.281 e. The molecule has 6 heteroatoms. The van der Waals surface area contributed by atoms with Crippen molar-refractivity contribution in [1.82, 2.24) is 5.43 Å². The summed E-state index contributed by atoms with van der Waals surface area (Å²) in [6.07, 6.45) is 1.55. The lowest BCUT2D eigenvalue weighted by Gasteiger charge is -2.26. The van der Waals surface area contributed by atoms with Gasteiger partial charge in [0.1, 0.15) is 0 Å². The van der Waals surface area contributed by atoms with Crippen LogP contribution in [-0.2, 0) is 10.4 Å².